The Hall–Kier alpha value is -1.81. The molecule has 0 saturated carbocycles. The Morgan fingerprint density at radius 2 is 2.08 bits per heavy atom. The number of nitrogens with zero attached hydrogens (tertiary/aromatic N) is 3. The number of aromatic nitrogens is 2. The van der Waals surface area contributed by atoms with Crippen LogP contribution in [-0.4, -0.2) is 21.1 Å². The minimum Gasteiger partial charge on any atom is -0.308 e. The summed E-state index contributed by atoms with van der Waals surface area (Å²) in [7, 11) is 0. The Bertz CT molecular complexity index is 836. The molecular weight excluding hydrogens is 367 g/mol. The van der Waals surface area contributed by atoms with Crippen LogP contribution >= 0.6 is 35.0 Å². The molecule has 0 aromatic carbocycles. The van der Waals surface area contributed by atoms with Crippen molar-refractivity contribution < 1.29 is 4.79 Å². The molecule has 0 aliphatic rings. The van der Waals surface area contributed by atoms with E-state index in [0.717, 1.165) is 11.3 Å². The monoisotopic (exact) mass is 380 g/mol. The van der Waals surface area contributed by atoms with Gasteiger partial charge in [-0.3, -0.25) is 4.79 Å². The number of aryl methyl sites for hydroxylation is 2. The van der Waals surface area contributed by atoms with Crippen molar-refractivity contribution in [1.82, 2.24) is 9.97 Å². The molecule has 2 heterocycles. The van der Waals surface area contributed by atoms with Crippen LogP contribution in [0, 0.1) is 25.2 Å². The molecule has 1 amide bonds. The van der Waals surface area contributed by atoms with E-state index in [1.165, 1.54) is 24.0 Å². The van der Waals surface area contributed by atoms with Gasteiger partial charge in [0.25, 0.3) is 0 Å². The summed E-state index contributed by atoms with van der Waals surface area (Å²) in [6.45, 7) is 5.42. The van der Waals surface area contributed by atoms with Gasteiger partial charge in [0.15, 0.2) is 5.82 Å². The lowest BCUT2D eigenvalue weighted by molar-refractivity contribution is -0.115. The molecule has 0 bridgehead atoms. The Morgan fingerprint density at radius 3 is 2.71 bits per heavy atom. The zero-order chi connectivity index (χ0) is 17.9. The van der Waals surface area contributed by atoms with Crippen molar-refractivity contribution in [2.75, 3.05) is 5.32 Å². The molecule has 1 unspecified atom stereocenters. The quantitative estimate of drug-likeness (QED) is 0.795. The average molecular weight is 381 g/mol. The van der Waals surface area contributed by atoms with Gasteiger partial charge < -0.3 is 5.32 Å². The topological polar surface area (TPSA) is 78.7 Å². The molecule has 124 valence electrons. The first kappa shape index (κ1) is 18.5. The van der Waals surface area contributed by atoms with Gasteiger partial charge in [0.05, 0.1) is 20.9 Å². The van der Waals surface area contributed by atoms with Crippen molar-refractivity contribution in [2.24, 2.45) is 0 Å². The van der Waals surface area contributed by atoms with Crippen LogP contribution in [0.4, 0.5) is 5.82 Å². The summed E-state index contributed by atoms with van der Waals surface area (Å²) < 4.78 is 0. The molecule has 0 spiro atoms. The van der Waals surface area contributed by atoms with Gasteiger partial charge in [0.1, 0.15) is 11.1 Å². The number of hydrogen-bond acceptors (Lipinski definition) is 5. The lowest BCUT2D eigenvalue weighted by Crippen LogP contribution is -2.23. The molecule has 0 aliphatic carbocycles. The van der Waals surface area contributed by atoms with Crippen molar-refractivity contribution in [3.8, 4) is 6.07 Å². The molecule has 0 saturated heterocycles. The first-order valence-corrected chi connectivity index (χ1v) is 8.62. The highest BCUT2D eigenvalue weighted by Crippen LogP contribution is 2.29. The zero-order valence-electron chi connectivity index (χ0n) is 13.2. The average Bonchev–Trinajstić information content (AvgIpc) is 2.49. The number of amides is 1. The van der Waals surface area contributed by atoms with E-state index < -0.39 is 5.25 Å². The number of carbonyl (C=O) groups excluding carboxylic acids is 1. The van der Waals surface area contributed by atoms with E-state index >= 15 is 0 Å². The van der Waals surface area contributed by atoms with Gasteiger partial charge in [-0.1, -0.05) is 35.0 Å². The van der Waals surface area contributed by atoms with Crippen LogP contribution < -0.4 is 5.32 Å². The first-order valence-electron chi connectivity index (χ1n) is 6.98. The Labute approximate surface area is 154 Å². The van der Waals surface area contributed by atoms with E-state index in [-0.39, 0.29) is 16.7 Å². The van der Waals surface area contributed by atoms with Gasteiger partial charge in [-0.25, -0.2) is 9.97 Å². The van der Waals surface area contributed by atoms with Crippen molar-refractivity contribution in [1.29, 1.82) is 5.26 Å². The van der Waals surface area contributed by atoms with Crippen LogP contribution in [0.1, 0.15) is 23.7 Å². The molecule has 2 aromatic heterocycles. The van der Waals surface area contributed by atoms with Crippen LogP contribution in [0.5, 0.6) is 0 Å². The molecular formula is C16H14Cl2N4OS. The summed E-state index contributed by atoms with van der Waals surface area (Å²) in [6.07, 6.45) is 1.40. The fraction of sp³-hybridized carbons (Fsp3) is 0.250. The second-order valence-corrected chi connectivity index (χ2v) is 7.28. The van der Waals surface area contributed by atoms with Crippen LogP contribution in [-0.2, 0) is 4.79 Å². The highest BCUT2D eigenvalue weighted by atomic mass is 35.5. The fourth-order valence-corrected chi connectivity index (χ4v) is 3.42. The maximum absolute atomic E-state index is 12.3. The molecule has 1 N–H and O–H groups in total. The molecule has 0 fully saturated rings. The van der Waals surface area contributed by atoms with Crippen molar-refractivity contribution in [3.05, 3.63) is 45.2 Å². The van der Waals surface area contributed by atoms with E-state index in [1.54, 1.807) is 6.92 Å². The summed E-state index contributed by atoms with van der Waals surface area (Å²) in [4.78, 5) is 20.7. The first-order chi connectivity index (χ1) is 11.3. The molecule has 2 aromatic rings. The molecule has 1 atom stereocenters. The zero-order valence-corrected chi connectivity index (χ0v) is 15.6. The van der Waals surface area contributed by atoms with Gasteiger partial charge in [0.2, 0.25) is 5.91 Å². The van der Waals surface area contributed by atoms with E-state index in [2.05, 4.69) is 21.4 Å². The number of nitriles is 1. The number of nitrogens with one attached hydrogen (secondary N) is 1. The summed E-state index contributed by atoms with van der Waals surface area (Å²) >= 11 is 13.0. The van der Waals surface area contributed by atoms with E-state index in [4.69, 9.17) is 23.2 Å². The Balaban J connectivity index is 2.16. The van der Waals surface area contributed by atoms with E-state index in [1.807, 2.05) is 19.9 Å². The third kappa shape index (κ3) is 4.38. The van der Waals surface area contributed by atoms with E-state index in [9.17, 15) is 10.1 Å². The van der Waals surface area contributed by atoms with Crippen molar-refractivity contribution >= 4 is 46.7 Å². The molecule has 8 heteroatoms. The van der Waals surface area contributed by atoms with Crippen LogP contribution in [0.25, 0.3) is 0 Å². The van der Waals surface area contributed by atoms with Crippen LogP contribution in [0.3, 0.4) is 0 Å². The maximum Gasteiger partial charge on any atom is 0.238 e. The number of halogens is 2. The standard InChI is InChI=1S/C16H14Cl2N4OS/c1-8-4-9(2)21-16(12(8)6-19)24-10(3)15(23)22-14-13(18)5-11(17)7-20-14/h4-5,7,10H,1-3H3,(H,20,22,23). The van der Waals surface area contributed by atoms with Crippen molar-refractivity contribution in [3.63, 3.8) is 0 Å². The van der Waals surface area contributed by atoms with Gasteiger partial charge in [-0.2, -0.15) is 5.26 Å². The summed E-state index contributed by atoms with van der Waals surface area (Å²) in [5.41, 5.74) is 2.11. The minimum absolute atomic E-state index is 0.243. The third-order valence-corrected chi connectivity index (χ3v) is 4.71. The normalized spacial score (nSPS) is 11.7. The highest BCUT2D eigenvalue weighted by molar-refractivity contribution is 8.00. The molecule has 0 radical (unpaired) electrons. The van der Waals surface area contributed by atoms with Gasteiger partial charge >= 0.3 is 0 Å². The predicted octanol–water partition coefficient (Wildman–Crippen LogP) is 4.39. The number of pyridine rings is 2. The summed E-state index contributed by atoms with van der Waals surface area (Å²) in [5.74, 6) is -0.0472. The van der Waals surface area contributed by atoms with Gasteiger partial charge in [0, 0.05) is 11.9 Å². The minimum atomic E-state index is -0.487. The molecule has 0 aliphatic heterocycles. The predicted molar refractivity (Wildman–Crippen MR) is 96.6 cm³/mol. The number of rotatable bonds is 4. The Morgan fingerprint density at radius 1 is 1.38 bits per heavy atom. The molecule has 5 nitrogen and oxygen atoms in total. The lowest BCUT2D eigenvalue weighted by atomic mass is 10.1. The number of hydrogen-bond donors (Lipinski definition) is 1. The highest BCUT2D eigenvalue weighted by Gasteiger charge is 2.20. The Kier molecular flexibility index (Phi) is 6.05. The largest absolute Gasteiger partial charge is 0.308 e. The molecule has 2 rings (SSSR count). The van der Waals surface area contributed by atoms with Crippen molar-refractivity contribution in [2.45, 2.75) is 31.0 Å². The van der Waals surface area contributed by atoms with Gasteiger partial charge in [-0.05, 0) is 38.5 Å². The fourth-order valence-electron chi connectivity index (χ4n) is 1.97. The smallest absolute Gasteiger partial charge is 0.238 e. The van der Waals surface area contributed by atoms with Crippen LogP contribution in [0.15, 0.2) is 23.4 Å². The second-order valence-electron chi connectivity index (χ2n) is 5.11. The van der Waals surface area contributed by atoms with E-state index in [0.29, 0.717) is 15.6 Å². The number of carbonyl (C=O) groups is 1. The number of anilines is 1. The third-order valence-electron chi connectivity index (χ3n) is 3.13. The summed E-state index contributed by atoms with van der Waals surface area (Å²) in [6, 6.07) is 5.48. The second kappa shape index (κ2) is 7.84. The SMILES string of the molecule is Cc1cc(C)c(C#N)c(SC(C)C(=O)Nc2ncc(Cl)cc2Cl)n1. The van der Waals surface area contributed by atoms with Gasteiger partial charge in [-0.15, -0.1) is 0 Å². The molecule has 24 heavy (non-hydrogen) atoms. The van der Waals surface area contributed by atoms with Crippen LogP contribution in [0.2, 0.25) is 10.0 Å². The number of thioether (sulfide) groups is 1. The maximum atomic E-state index is 12.3. The summed E-state index contributed by atoms with van der Waals surface area (Å²) in [5, 5.41) is 12.6. The lowest BCUT2D eigenvalue weighted by Gasteiger charge is -2.14.